The predicted molar refractivity (Wildman–Crippen MR) is 114 cm³/mol. The van der Waals surface area contributed by atoms with Crippen molar-refractivity contribution in [1.82, 2.24) is 15.5 Å². The van der Waals surface area contributed by atoms with Gasteiger partial charge in [0.05, 0.1) is 30.0 Å². The van der Waals surface area contributed by atoms with Crippen LogP contribution in [0.4, 0.5) is 4.79 Å². The SMILES string of the molecule is O=C1NC2=C(C(=O)N(C[C@@H]3CCCO3)C2)[C@H](c2ccc(OCc3ccccc3)cc2)N1. The van der Waals surface area contributed by atoms with E-state index in [0.717, 1.165) is 36.3 Å². The van der Waals surface area contributed by atoms with Crippen molar-refractivity contribution in [3.05, 3.63) is 77.0 Å². The maximum atomic E-state index is 13.1. The first kappa shape index (κ1) is 19.6. The van der Waals surface area contributed by atoms with Crippen molar-refractivity contribution < 1.29 is 19.1 Å². The third kappa shape index (κ3) is 4.14. The highest BCUT2D eigenvalue weighted by Crippen LogP contribution is 2.33. The Morgan fingerprint density at radius 2 is 1.87 bits per heavy atom. The number of carbonyl (C=O) groups excluding carboxylic acids is 2. The van der Waals surface area contributed by atoms with Crippen LogP contribution in [0.3, 0.4) is 0 Å². The lowest BCUT2D eigenvalue weighted by Crippen LogP contribution is -2.44. The first-order valence-electron chi connectivity index (χ1n) is 10.7. The van der Waals surface area contributed by atoms with Gasteiger partial charge in [-0.1, -0.05) is 42.5 Å². The van der Waals surface area contributed by atoms with Crippen molar-refractivity contribution in [2.75, 3.05) is 19.7 Å². The second-order valence-corrected chi connectivity index (χ2v) is 8.09. The van der Waals surface area contributed by atoms with Gasteiger partial charge >= 0.3 is 6.03 Å². The number of hydrogen-bond acceptors (Lipinski definition) is 4. The summed E-state index contributed by atoms with van der Waals surface area (Å²) in [6, 6.07) is 16.7. The normalized spacial score (nSPS) is 22.9. The largest absolute Gasteiger partial charge is 0.489 e. The van der Waals surface area contributed by atoms with E-state index in [1.807, 2.05) is 54.6 Å². The van der Waals surface area contributed by atoms with E-state index in [2.05, 4.69) is 10.6 Å². The standard InChI is InChI=1S/C24H25N3O4/c28-23-21-20(14-27(23)13-19-7-4-12-30-19)25-24(29)26-22(21)17-8-10-18(11-9-17)31-15-16-5-2-1-3-6-16/h1-3,5-6,8-11,19,22H,4,7,12-15H2,(H2,25,26,29)/t19-,22-/m0/s1. The van der Waals surface area contributed by atoms with E-state index in [-0.39, 0.29) is 18.0 Å². The van der Waals surface area contributed by atoms with Gasteiger partial charge in [0.15, 0.2) is 0 Å². The van der Waals surface area contributed by atoms with E-state index >= 15 is 0 Å². The molecule has 2 N–H and O–H groups in total. The molecule has 0 saturated carbocycles. The third-order valence-corrected chi connectivity index (χ3v) is 5.93. The fourth-order valence-corrected chi connectivity index (χ4v) is 4.36. The molecule has 1 fully saturated rings. The molecule has 3 heterocycles. The fourth-order valence-electron chi connectivity index (χ4n) is 4.36. The monoisotopic (exact) mass is 419 g/mol. The Bertz CT molecular complexity index is 997. The minimum absolute atomic E-state index is 0.0487. The molecule has 0 radical (unpaired) electrons. The molecule has 7 nitrogen and oxygen atoms in total. The van der Waals surface area contributed by atoms with Crippen molar-refractivity contribution in [3.63, 3.8) is 0 Å². The minimum Gasteiger partial charge on any atom is -0.489 e. The molecule has 160 valence electrons. The van der Waals surface area contributed by atoms with Gasteiger partial charge in [0.1, 0.15) is 12.4 Å². The van der Waals surface area contributed by atoms with Gasteiger partial charge in [0.25, 0.3) is 5.91 Å². The van der Waals surface area contributed by atoms with E-state index < -0.39 is 6.04 Å². The second-order valence-electron chi connectivity index (χ2n) is 8.09. The molecular weight excluding hydrogens is 394 g/mol. The highest BCUT2D eigenvalue weighted by molar-refractivity contribution is 6.01. The molecule has 0 bridgehead atoms. The molecule has 0 aromatic heterocycles. The summed E-state index contributed by atoms with van der Waals surface area (Å²) in [4.78, 5) is 27.2. The first-order chi connectivity index (χ1) is 15.2. The number of ether oxygens (including phenoxy) is 2. The summed E-state index contributed by atoms with van der Waals surface area (Å²) in [5.74, 6) is 0.687. The molecule has 0 spiro atoms. The zero-order valence-electron chi connectivity index (χ0n) is 17.2. The average Bonchev–Trinajstić information content (AvgIpc) is 3.41. The second kappa shape index (κ2) is 8.43. The van der Waals surface area contributed by atoms with Crippen LogP contribution < -0.4 is 15.4 Å². The van der Waals surface area contributed by atoms with Crippen LogP contribution >= 0.6 is 0 Å². The molecule has 5 rings (SSSR count). The van der Waals surface area contributed by atoms with Crippen molar-refractivity contribution in [2.45, 2.75) is 31.6 Å². The summed E-state index contributed by atoms with van der Waals surface area (Å²) in [6.45, 7) is 2.20. The van der Waals surface area contributed by atoms with Crippen LogP contribution in [-0.2, 0) is 16.1 Å². The lowest BCUT2D eigenvalue weighted by atomic mass is 9.96. The number of carbonyl (C=O) groups is 2. The zero-order valence-corrected chi connectivity index (χ0v) is 17.2. The summed E-state index contributed by atoms with van der Waals surface area (Å²) in [5.41, 5.74) is 3.23. The van der Waals surface area contributed by atoms with Gasteiger partial charge in [-0.2, -0.15) is 0 Å². The van der Waals surface area contributed by atoms with Gasteiger partial charge in [0, 0.05) is 13.2 Å². The molecule has 7 heteroatoms. The number of rotatable bonds is 6. The van der Waals surface area contributed by atoms with Gasteiger partial charge < -0.3 is 25.0 Å². The van der Waals surface area contributed by atoms with Crippen molar-refractivity contribution in [3.8, 4) is 5.75 Å². The number of amides is 3. The van der Waals surface area contributed by atoms with Crippen LogP contribution in [0.15, 0.2) is 65.9 Å². The van der Waals surface area contributed by atoms with Gasteiger partial charge in [0.2, 0.25) is 0 Å². The van der Waals surface area contributed by atoms with E-state index in [4.69, 9.17) is 9.47 Å². The lowest BCUT2D eigenvalue weighted by molar-refractivity contribution is -0.127. The van der Waals surface area contributed by atoms with Gasteiger partial charge in [-0.05, 0) is 36.1 Å². The summed E-state index contributed by atoms with van der Waals surface area (Å²) in [7, 11) is 0. The van der Waals surface area contributed by atoms with Crippen LogP contribution in [0.2, 0.25) is 0 Å². The number of benzene rings is 2. The molecule has 3 aliphatic rings. The van der Waals surface area contributed by atoms with Gasteiger partial charge in [-0.15, -0.1) is 0 Å². The van der Waals surface area contributed by atoms with E-state index in [0.29, 0.717) is 31.0 Å². The van der Waals surface area contributed by atoms with Crippen molar-refractivity contribution >= 4 is 11.9 Å². The predicted octanol–water partition coefficient (Wildman–Crippen LogP) is 2.89. The summed E-state index contributed by atoms with van der Waals surface area (Å²) in [6.07, 6.45) is 2.07. The zero-order chi connectivity index (χ0) is 21.2. The van der Waals surface area contributed by atoms with Crippen molar-refractivity contribution in [1.29, 1.82) is 0 Å². The Morgan fingerprint density at radius 3 is 2.61 bits per heavy atom. The van der Waals surface area contributed by atoms with E-state index in [1.54, 1.807) is 4.90 Å². The molecule has 3 amide bonds. The van der Waals surface area contributed by atoms with Crippen LogP contribution in [-0.4, -0.2) is 42.6 Å². The molecule has 1 saturated heterocycles. The number of nitrogens with zero attached hydrogens (tertiary/aromatic N) is 1. The van der Waals surface area contributed by atoms with Crippen LogP contribution in [0, 0.1) is 0 Å². The average molecular weight is 419 g/mol. The molecule has 2 atom stereocenters. The Kier molecular flexibility index (Phi) is 5.34. The number of nitrogens with one attached hydrogen (secondary N) is 2. The maximum Gasteiger partial charge on any atom is 0.319 e. The molecule has 2 aromatic rings. The third-order valence-electron chi connectivity index (χ3n) is 5.93. The van der Waals surface area contributed by atoms with Gasteiger partial charge in [-0.25, -0.2) is 4.79 Å². The first-order valence-corrected chi connectivity index (χ1v) is 10.7. The lowest BCUT2D eigenvalue weighted by Gasteiger charge is -2.26. The Morgan fingerprint density at radius 1 is 1.06 bits per heavy atom. The van der Waals surface area contributed by atoms with Crippen molar-refractivity contribution in [2.24, 2.45) is 0 Å². The maximum absolute atomic E-state index is 13.1. The van der Waals surface area contributed by atoms with Crippen LogP contribution in [0.5, 0.6) is 5.75 Å². The van der Waals surface area contributed by atoms with Crippen LogP contribution in [0.25, 0.3) is 0 Å². The highest BCUT2D eigenvalue weighted by Gasteiger charge is 2.41. The molecule has 0 unspecified atom stereocenters. The number of urea groups is 1. The summed E-state index contributed by atoms with van der Waals surface area (Å²) >= 11 is 0. The van der Waals surface area contributed by atoms with Crippen LogP contribution in [0.1, 0.15) is 30.0 Å². The Hall–Kier alpha value is -3.32. The topological polar surface area (TPSA) is 79.9 Å². The quantitative estimate of drug-likeness (QED) is 0.755. The molecule has 31 heavy (non-hydrogen) atoms. The Balaban J connectivity index is 1.30. The molecule has 0 aliphatic carbocycles. The Labute approximate surface area is 181 Å². The molecular formula is C24H25N3O4. The van der Waals surface area contributed by atoms with E-state index in [1.165, 1.54) is 0 Å². The molecule has 3 aliphatic heterocycles. The molecule has 2 aromatic carbocycles. The number of hydrogen-bond donors (Lipinski definition) is 2. The van der Waals surface area contributed by atoms with Gasteiger partial charge in [-0.3, -0.25) is 4.79 Å². The van der Waals surface area contributed by atoms with E-state index in [9.17, 15) is 9.59 Å². The summed E-state index contributed by atoms with van der Waals surface area (Å²) < 4.78 is 11.5. The minimum atomic E-state index is -0.478. The smallest absolute Gasteiger partial charge is 0.319 e. The summed E-state index contributed by atoms with van der Waals surface area (Å²) in [5, 5.41) is 5.71. The highest BCUT2D eigenvalue weighted by atomic mass is 16.5. The fraction of sp³-hybridized carbons (Fsp3) is 0.333.